The Labute approximate surface area is 132 Å². The van der Waals surface area contributed by atoms with Crippen LogP contribution in [0.5, 0.6) is 0 Å². The molecule has 0 spiro atoms. The van der Waals surface area contributed by atoms with Gasteiger partial charge in [0, 0.05) is 4.57 Å². The van der Waals surface area contributed by atoms with Crippen LogP contribution in [0.3, 0.4) is 0 Å². The Kier molecular flexibility index (Phi) is 22.1. The molecule has 0 saturated heterocycles. The van der Waals surface area contributed by atoms with Crippen molar-refractivity contribution < 1.29 is 13.6 Å². The van der Waals surface area contributed by atoms with Gasteiger partial charge in [0.1, 0.15) is 13.2 Å². The molecule has 3 N–H and O–H groups in total. The van der Waals surface area contributed by atoms with Gasteiger partial charge in [0.25, 0.3) is 0 Å². The molecule has 0 aliphatic carbocycles. The predicted molar refractivity (Wildman–Crippen MR) is 91.3 cm³/mol. The van der Waals surface area contributed by atoms with Crippen LogP contribution in [-0.2, 0) is 13.6 Å². The molecule has 0 radical (unpaired) electrons. The monoisotopic (exact) mass is 322 g/mol. The van der Waals surface area contributed by atoms with Crippen molar-refractivity contribution in [2.75, 3.05) is 13.2 Å². The lowest BCUT2D eigenvalue weighted by molar-refractivity contribution is 0.218. The molecule has 4 nitrogen and oxygen atoms in total. The van der Waals surface area contributed by atoms with Crippen LogP contribution in [0.4, 0.5) is 0 Å². The smallest absolute Gasteiger partial charge is 0.344 e. The largest absolute Gasteiger partial charge is 0.697 e. The van der Waals surface area contributed by atoms with Crippen LogP contribution in [-0.4, -0.2) is 13.2 Å². The van der Waals surface area contributed by atoms with E-state index >= 15 is 0 Å². The SMILES string of the molecule is CCCCCCCCO[P+](=O)OCCCCCCCC.N. The number of hydrogen-bond acceptors (Lipinski definition) is 4. The molecule has 0 aliphatic heterocycles. The average Bonchev–Trinajstić information content (AvgIpc) is 2.45. The molecule has 0 unspecified atom stereocenters. The third-order valence-corrected chi connectivity index (χ3v) is 4.18. The third-order valence-electron chi connectivity index (χ3n) is 3.39. The molecule has 0 heterocycles. The van der Waals surface area contributed by atoms with Crippen molar-refractivity contribution in [1.82, 2.24) is 6.15 Å². The van der Waals surface area contributed by atoms with Gasteiger partial charge in [-0.15, -0.1) is 9.05 Å². The van der Waals surface area contributed by atoms with E-state index in [2.05, 4.69) is 13.8 Å². The molecule has 0 aromatic carbocycles. The molecule has 0 aromatic heterocycles. The molecule has 5 heteroatoms. The highest BCUT2D eigenvalue weighted by Gasteiger charge is 2.18. The standard InChI is InChI=1S/C16H34O3P.H3N/c1-3-5-7-9-11-13-15-18-20(17)19-16-14-12-10-8-6-4-2;/h3-16H2,1-2H3;1H3/q+1;. The minimum atomic E-state index is -1.89. The summed E-state index contributed by atoms with van der Waals surface area (Å²) in [5.41, 5.74) is 0. The van der Waals surface area contributed by atoms with E-state index in [0.717, 1.165) is 12.8 Å². The molecule has 0 fully saturated rings. The van der Waals surface area contributed by atoms with Crippen LogP contribution in [0.25, 0.3) is 0 Å². The van der Waals surface area contributed by atoms with Gasteiger partial charge < -0.3 is 6.15 Å². The maximum Gasteiger partial charge on any atom is 0.697 e. The summed E-state index contributed by atoms with van der Waals surface area (Å²) in [4.78, 5) is 0. The van der Waals surface area contributed by atoms with E-state index in [4.69, 9.17) is 9.05 Å². The zero-order valence-electron chi connectivity index (χ0n) is 14.3. The van der Waals surface area contributed by atoms with Crippen LogP contribution in [0.2, 0.25) is 0 Å². The van der Waals surface area contributed by atoms with Crippen LogP contribution in [0.15, 0.2) is 0 Å². The highest BCUT2D eigenvalue weighted by atomic mass is 31.1. The van der Waals surface area contributed by atoms with Gasteiger partial charge in [0.2, 0.25) is 0 Å². The molecule has 21 heavy (non-hydrogen) atoms. The van der Waals surface area contributed by atoms with E-state index in [-0.39, 0.29) is 6.15 Å². The number of unbranched alkanes of at least 4 members (excludes halogenated alkanes) is 10. The molecule has 0 bridgehead atoms. The van der Waals surface area contributed by atoms with E-state index in [1.165, 1.54) is 64.2 Å². The fourth-order valence-corrected chi connectivity index (χ4v) is 2.71. The van der Waals surface area contributed by atoms with Gasteiger partial charge in [-0.25, -0.2) is 0 Å². The number of hydrogen-bond donors (Lipinski definition) is 1. The summed E-state index contributed by atoms with van der Waals surface area (Å²) in [6, 6.07) is 0. The zero-order chi connectivity index (χ0) is 14.9. The normalized spacial score (nSPS) is 10.4. The third kappa shape index (κ3) is 20.0. The fraction of sp³-hybridized carbons (Fsp3) is 1.00. The van der Waals surface area contributed by atoms with Crippen LogP contribution in [0.1, 0.15) is 90.9 Å². The summed E-state index contributed by atoms with van der Waals surface area (Å²) in [5.74, 6) is 0. The van der Waals surface area contributed by atoms with Gasteiger partial charge in [-0.2, -0.15) is 0 Å². The van der Waals surface area contributed by atoms with Crippen molar-refractivity contribution in [2.45, 2.75) is 90.9 Å². The van der Waals surface area contributed by atoms with Gasteiger partial charge in [-0.3, -0.25) is 0 Å². The fourth-order valence-electron chi connectivity index (χ4n) is 2.08. The Morgan fingerprint density at radius 1 is 0.619 bits per heavy atom. The van der Waals surface area contributed by atoms with E-state index in [1.807, 2.05) is 0 Å². The lowest BCUT2D eigenvalue weighted by Gasteiger charge is -1.98. The molecule has 0 amide bonds. The second kappa shape index (κ2) is 20.0. The molecule has 0 aliphatic rings. The first-order valence-corrected chi connectivity index (χ1v) is 9.63. The summed E-state index contributed by atoms with van der Waals surface area (Å²) < 4.78 is 21.8. The summed E-state index contributed by atoms with van der Waals surface area (Å²) in [5, 5.41) is 0. The van der Waals surface area contributed by atoms with Gasteiger partial charge in [-0.1, -0.05) is 78.1 Å². The predicted octanol–water partition coefficient (Wildman–Crippen LogP) is 6.56. The Hall–Kier alpha value is -0.0200. The topological polar surface area (TPSA) is 70.5 Å². The molecule has 0 atom stereocenters. The second-order valence-corrected chi connectivity index (χ2v) is 6.39. The average molecular weight is 322 g/mol. The first-order chi connectivity index (χ1) is 9.81. The number of rotatable bonds is 16. The Balaban J connectivity index is 0. The van der Waals surface area contributed by atoms with Crippen molar-refractivity contribution in [1.29, 1.82) is 0 Å². The first kappa shape index (κ1) is 23.2. The van der Waals surface area contributed by atoms with Gasteiger partial charge in [-0.05, 0) is 12.8 Å². The van der Waals surface area contributed by atoms with E-state index in [0.29, 0.717) is 13.2 Å². The van der Waals surface area contributed by atoms with Gasteiger partial charge in [0.05, 0.1) is 0 Å². The summed E-state index contributed by atoms with van der Waals surface area (Å²) in [6.45, 7) is 5.57. The van der Waals surface area contributed by atoms with Crippen molar-refractivity contribution in [3.8, 4) is 0 Å². The lowest BCUT2D eigenvalue weighted by atomic mass is 10.1. The first-order valence-electron chi connectivity index (χ1n) is 8.54. The van der Waals surface area contributed by atoms with Crippen LogP contribution < -0.4 is 6.15 Å². The van der Waals surface area contributed by atoms with E-state index < -0.39 is 8.25 Å². The highest BCUT2D eigenvalue weighted by molar-refractivity contribution is 7.33. The van der Waals surface area contributed by atoms with Crippen LogP contribution >= 0.6 is 8.25 Å². The highest BCUT2D eigenvalue weighted by Crippen LogP contribution is 2.24. The van der Waals surface area contributed by atoms with Gasteiger partial charge >= 0.3 is 8.25 Å². The molecule has 128 valence electrons. The summed E-state index contributed by atoms with van der Waals surface area (Å²) in [6.07, 6.45) is 14.6. The summed E-state index contributed by atoms with van der Waals surface area (Å²) >= 11 is 0. The Bertz CT molecular complexity index is 196. The molecule has 0 saturated carbocycles. The van der Waals surface area contributed by atoms with Crippen molar-refractivity contribution in [3.05, 3.63) is 0 Å². The van der Waals surface area contributed by atoms with Crippen molar-refractivity contribution >= 4 is 8.25 Å². The Morgan fingerprint density at radius 2 is 0.952 bits per heavy atom. The second-order valence-electron chi connectivity index (χ2n) is 5.43. The lowest BCUT2D eigenvalue weighted by Crippen LogP contribution is -1.92. The minimum absolute atomic E-state index is 0. The maximum atomic E-state index is 11.4. The van der Waals surface area contributed by atoms with Crippen LogP contribution in [0, 0.1) is 0 Å². The summed E-state index contributed by atoms with van der Waals surface area (Å²) in [7, 11) is -1.89. The van der Waals surface area contributed by atoms with Gasteiger partial charge in [0.15, 0.2) is 0 Å². The molecular weight excluding hydrogens is 285 g/mol. The minimum Gasteiger partial charge on any atom is -0.344 e. The van der Waals surface area contributed by atoms with E-state index in [1.54, 1.807) is 0 Å². The van der Waals surface area contributed by atoms with Crippen molar-refractivity contribution in [3.63, 3.8) is 0 Å². The zero-order valence-corrected chi connectivity index (χ0v) is 15.2. The molecule has 0 aromatic rings. The molecular formula is C16H37NO3P+. The maximum absolute atomic E-state index is 11.4. The molecule has 0 rings (SSSR count). The van der Waals surface area contributed by atoms with Crippen molar-refractivity contribution in [2.24, 2.45) is 0 Å². The quantitative estimate of drug-likeness (QED) is 0.258. The Morgan fingerprint density at radius 3 is 1.33 bits per heavy atom. The van der Waals surface area contributed by atoms with E-state index in [9.17, 15) is 4.57 Å².